The fraction of sp³-hybridized carbons (Fsp3) is 0.929. The van der Waals surface area contributed by atoms with Gasteiger partial charge in [-0.1, -0.05) is 0 Å². The Bertz CT molecular complexity index is 262. The predicted octanol–water partition coefficient (Wildman–Crippen LogP) is 0.918. The van der Waals surface area contributed by atoms with Crippen LogP contribution in [0, 0.1) is 5.92 Å². The van der Waals surface area contributed by atoms with Crippen molar-refractivity contribution < 1.29 is 4.74 Å². The Balaban J connectivity index is 2.37. The Hall–Kier alpha value is -0.810. The summed E-state index contributed by atoms with van der Waals surface area (Å²) in [6.07, 6.45) is 3.72. The highest BCUT2D eigenvalue weighted by Crippen LogP contribution is 2.34. The van der Waals surface area contributed by atoms with Crippen LogP contribution in [0.15, 0.2) is 4.99 Å². The monoisotopic (exact) mass is 270 g/mol. The molecule has 1 rings (SSSR count). The van der Waals surface area contributed by atoms with Gasteiger partial charge in [0.05, 0.1) is 6.54 Å². The van der Waals surface area contributed by atoms with Crippen molar-refractivity contribution in [2.24, 2.45) is 10.9 Å². The van der Waals surface area contributed by atoms with Crippen molar-refractivity contribution in [3.63, 3.8) is 0 Å². The second kappa shape index (κ2) is 9.15. The molecule has 2 N–H and O–H groups in total. The van der Waals surface area contributed by atoms with Crippen LogP contribution in [0.5, 0.6) is 0 Å². The molecule has 0 amide bonds. The largest absolute Gasteiger partial charge is 0.385 e. The van der Waals surface area contributed by atoms with Gasteiger partial charge in [-0.15, -0.1) is 0 Å². The highest BCUT2D eigenvalue weighted by molar-refractivity contribution is 5.79. The van der Waals surface area contributed by atoms with Gasteiger partial charge in [0.2, 0.25) is 0 Å². The van der Waals surface area contributed by atoms with E-state index in [1.54, 1.807) is 7.11 Å². The van der Waals surface area contributed by atoms with Crippen molar-refractivity contribution in [2.45, 2.75) is 32.2 Å². The second-order valence-corrected chi connectivity index (χ2v) is 5.36. The molecule has 0 heterocycles. The van der Waals surface area contributed by atoms with Crippen LogP contribution in [0.2, 0.25) is 0 Å². The molecule has 0 aromatic rings. The van der Waals surface area contributed by atoms with Crippen LogP contribution in [0.1, 0.15) is 26.2 Å². The van der Waals surface area contributed by atoms with Crippen LogP contribution in [0.4, 0.5) is 0 Å². The lowest BCUT2D eigenvalue weighted by molar-refractivity contribution is 0.195. The first-order valence-corrected chi connectivity index (χ1v) is 7.36. The number of rotatable bonds is 9. The molecule has 1 fully saturated rings. The lowest BCUT2D eigenvalue weighted by atomic mass is 10.2. The smallest absolute Gasteiger partial charge is 0.191 e. The number of nitrogens with zero attached hydrogens (tertiary/aromatic N) is 2. The molecule has 0 aromatic heterocycles. The van der Waals surface area contributed by atoms with Crippen molar-refractivity contribution >= 4 is 5.96 Å². The summed E-state index contributed by atoms with van der Waals surface area (Å²) in [7, 11) is 6.03. The number of likely N-dealkylation sites (N-methyl/N-ethyl adjacent to an activating group) is 1. The molecule has 0 aliphatic heterocycles. The van der Waals surface area contributed by atoms with E-state index in [-0.39, 0.29) is 0 Å². The van der Waals surface area contributed by atoms with E-state index in [4.69, 9.17) is 9.73 Å². The van der Waals surface area contributed by atoms with Crippen LogP contribution >= 0.6 is 0 Å². The quantitative estimate of drug-likeness (QED) is 0.372. The minimum Gasteiger partial charge on any atom is -0.385 e. The maximum atomic E-state index is 5.05. The zero-order valence-electron chi connectivity index (χ0n) is 12.9. The van der Waals surface area contributed by atoms with Crippen molar-refractivity contribution in [3.05, 3.63) is 0 Å². The van der Waals surface area contributed by atoms with E-state index in [0.29, 0.717) is 6.04 Å². The summed E-state index contributed by atoms with van der Waals surface area (Å²) >= 11 is 0. The summed E-state index contributed by atoms with van der Waals surface area (Å²) in [5, 5.41) is 6.64. The van der Waals surface area contributed by atoms with Crippen molar-refractivity contribution in [1.29, 1.82) is 0 Å². The molecule has 1 aliphatic carbocycles. The lowest BCUT2D eigenvalue weighted by Gasteiger charge is -2.22. The summed E-state index contributed by atoms with van der Waals surface area (Å²) in [5.41, 5.74) is 0. The van der Waals surface area contributed by atoms with E-state index in [1.165, 1.54) is 12.8 Å². The molecule has 5 nitrogen and oxygen atoms in total. The maximum absolute atomic E-state index is 5.05. The molecule has 1 unspecified atom stereocenters. The van der Waals surface area contributed by atoms with E-state index in [1.807, 2.05) is 0 Å². The molecular formula is C14H30N4O. The molecule has 1 aliphatic rings. The molecule has 0 saturated heterocycles. The molecule has 1 atom stereocenters. The van der Waals surface area contributed by atoms with Crippen molar-refractivity contribution in [3.8, 4) is 0 Å². The van der Waals surface area contributed by atoms with E-state index < -0.39 is 0 Å². The highest BCUT2D eigenvalue weighted by atomic mass is 16.5. The third-order valence-corrected chi connectivity index (χ3v) is 3.43. The topological polar surface area (TPSA) is 48.9 Å². The highest BCUT2D eigenvalue weighted by Gasteiger charge is 2.32. The van der Waals surface area contributed by atoms with E-state index in [0.717, 1.165) is 44.5 Å². The first-order valence-electron chi connectivity index (χ1n) is 7.36. The Morgan fingerprint density at radius 1 is 1.37 bits per heavy atom. The average Bonchev–Trinajstić information content (AvgIpc) is 3.18. The Morgan fingerprint density at radius 3 is 2.63 bits per heavy atom. The number of hydrogen-bond donors (Lipinski definition) is 2. The van der Waals surface area contributed by atoms with Gasteiger partial charge < -0.3 is 20.3 Å². The zero-order valence-corrected chi connectivity index (χ0v) is 12.9. The SMILES string of the molecule is CCNC(=NCC(C1CC1)N(C)C)NCCCOC. The fourth-order valence-corrected chi connectivity index (χ4v) is 2.16. The molecule has 0 bridgehead atoms. The van der Waals surface area contributed by atoms with E-state index in [9.17, 15) is 0 Å². The first-order chi connectivity index (χ1) is 9.19. The molecule has 0 spiro atoms. The summed E-state index contributed by atoms with van der Waals surface area (Å²) in [6, 6.07) is 0.578. The van der Waals surface area contributed by atoms with Crippen LogP contribution in [0.3, 0.4) is 0 Å². The predicted molar refractivity (Wildman–Crippen MR) is 80.7 cm³/mol. The second-order valence-electron chi connectivity index (χ2n) is 5.36. The zero-order chi connectivity index (χ0) is 14.1. The molecule has 5 heteroatoms. The molecule has 112 valence electrons. The van der Waals surface area contributed by atoms with Gasteiger partial charge >= 0.3 is 0 Å². The van der Waals surface area contributed by atoms with E-state index >= 15 is 0 Å². The lowest BCUT2D eigenvalue weighted by Crippen LogP contribution is -2.40. The number of methoxy groups -OCH3 is 1. The standard InChI is InChI=1S/C14H30N4O/c1-5-15-14(16-9-6-10-19-4)17-11-13(18(2)3)12-7-8-12/h12-13H,5-11H2,1-4H3,(H2,15,16,17). The van der Waals surface area contributed by atoms with Crippen LogP contribution in [-0.4, -0.2) is 64.3 Å². The summed E-state index contributed by atoms with van der Waals surface area (Å²) < 4.78 is 5.05. The van der Waals surface area contributed by atoms with Gasteiger partial charge in [0.1, 0.15) is 0 Å². The number of guanidine groups is 1. The number of hydrogen-bond acceptors (Lipinski definition) is 3. The van der Waals surface area contributed by atoms with Gasteiger partial charge in [-0.05, 0) is 46.2 Å². The van der Waals surface area contributed by atoms with Gasteiger partial charge in [-0.2, -0.15) is 0 Å². The fourth-order valence-electron chi connectivity index (χ4n) is 2.16. The number of ether oxygens (including phenoxy) is 1. The normalized spacial score (nSPS) is 17.6. The Labute approximate surface area is 117 Å². The van der Waals surface area contributed by atoms with Crippen molar-refractivity contribution in [1.82, 2.24) is 15.5 Å². The molecule has 19 heavy (non-hydrogen) atoms. The van der Waals surface area contributed by atoms with E-state index in [2.05, 4.69) is 36.6 Å². The Kier molecular flexibility index (Phi) is 7.82. The Morgan fingerprint density at radius 2 is 2.11 bits per heavy atom. The van der Waals surface area contributed by atoms with Crippen LogP contribution < -0.4 is 10.6 Å². The summed E-state index contributed by atoms with van der Waals surface area (Å²) in [6.45, 7) is 5.55. The van der Waals surface area contributed by atoms with Crippen LogP contribution in [-0.2, 0) is 4.74 Å². The maximum Gasteiger partial charge on any atom is 0.191 e. The van der Waals surface area contributed by atoms with Gasteiger partial charge in [0.15, 0.2) is 5.96 Å². The van der Waals surface area contributed by atoms with Gasteiger partial charge in [-0.3, -0.25) is 4.99 Å². The summed E-state index contributed by atoms with van der Waals surface area (Å²) in [4.78, 5) is 7.01. The average molecular weight is 270 g/mol. The summed E-state index contributed by atoms with van der Waals surface area (Å²) in [5.74, 6) is 1.77. The third kappa shape index (κ3) is 6.78. The minimum absolute atomic E-state index is 0.578. The molecule has 1 saturated carbocycles. The van der Waals surface area contributed by atoms with Crippen LogP contribution in [0.25, 0.3) is 0 Å². The van der Waals surface area contributed by atoms with Gasteiger partial charge in [0, 0.05) is 32.8 Å². The number of aliphatic imine (C=N–C) groups is 1. The molecular weight excluding hydrogens is 240 g/mol. The van der Waals surface area contributed by atoms with Gasteiger partial charge in [-0.25, -0.2) is 0 Å². The number of nitrogens with one attached hydrogen (secondary N) is 2. The molecule has 0 radical (unpaired) electrons. The van der Waals surface area contributed by atoms with Crippen molar-refractivity contribution in [2.75, 3.05) is 47.4 Å². The molecule has 0 aromatic carbocycles. The first kappa shape index (κ1) is 16.2. The third-order valence-electron chi connectivity index (χ3n) is 3.43. The minimum atomic E-state index is 0.578. The van der Waals surface area contributed by atoms with Gasteiger partial charge in [0.25, 0.3) is 0 Å².